The van der Waals surface area contributed by atoms with Crippen LogP contribution in [0, 0.1) is 0 Å². The van der Waals surface area contributed by atoms with Gasteiger partial charge in [0.25, 0.3) is 0 Å². The maximum absolute atomic E-state index is 12.9. The lowest BCUT2D eigenvalue weighted by atomic mass is 9.97. The minimum Gasteiger partial charge on any atom is -0.497 e. The molecule has 0 radical (unpaired) electrons. The summed E-state index contributed by atoms with van der Waals surface area (Å²) < 4.78 is 5.18. The molecule has 1 atom stereocenters. The largest absolute Gasteiger partial charge is 0.497 e. The van der Waals surface area contributed by atoms with E-state index in [0.717, 1.165) is 37.2 Å². The van der Waals surface area contributed by atoms with Gasteiger partial charge in [0.2, 0.25) is 0 Å². The molecule has 0 amide bonds. The Morgan fingerprint density at radius 1 is 1.13 bits per heavy atom. The summed E-state index contributed by atoms with van der Waals surface area (Å²) in [6.45, 7) is 4.36. The maximum Gasteiger partial charge on any atom is 0.179 e. The topological polar surface area (TPSA) is 29.5 Å². The first kappa shape index (κ1) is 20.0. The molecule has 130 valence electrons. The number of methoxy groups -OCH3 is 1. The monoisotopic (exact) mass is 339 g/mol. The Morgan fingerprint density at radius 3 is 2.35 bits per heavy atom. The van der Waals surface area contributed by atoms with Gasteiger partial charge in [-0.25, -0.2) is 0 Å². The lowest BCUT2D eigenvalue weighted by Crippen LogP contribution is -2.39. The summed E-state index contributed by atoms with van der Waals surface area (Å²) in [6, 6.07) is 7.62. The molecule has 2 rings (SSSR count). The lowest BCUT2D eigenvalue weighted by Gasteiger charge is -2.26. The number of ketones is 1. The van der Waals surface area contributed by atoms with Gasteiger partial charge in [-0.1, -0.05) is 32.6 Å². The molecular weight excluding hydrogens is 310 g/mol. The second kappa shape index (κ2) is 10.7. The number of hydrogen-bond acceptors (Lipinski definition) is 3. The van der Waals surface area contributed by atoms with Crippen molar-refractivity contribution in [3.8, 4) is 5.75 Å². The number of likely N-dealkylation sites (tertiary alicyclic amines) is 1. The van der Waals surface area contributed by atoms with Gasteiger partial charge in [-0.2, -0.15) is 0 Å². The molecule has 1 saturated heterocycles. The van der Waals surface area contributed by atoms with Crippen LogP contribution in [0.1, 0.15) is 62.2 Å². The van der Waals surface area contributed by atoms with Gasteiger partial charge in [0.1, 0.15) is 5.75 Å². The van der Waals surface area contributed by atoms with Crippen molar-refractivity contribution in [1.82, 2.24) is 4.90 Å². The molecule has 1 heterocycles. The number of rotatable bonds is 9. The van der Waals surface area contributed by atoms with Crippen molar-refractivity contribution in [2.75, 3.05) is 20.2 Å². The van der Waals surface area contributed by atoms with Gasteiger partial charge < -0.3 is 4.74 Å². The van der Waals surface area contributed by atoms with E-state index in [4.69, 9.17) is 4.74 Å². The summed E-state index contributed by atoms with van der Waals surface area (Å²) in [4.78, 5) is 15.3. The molecule has 0 spiro atoms. The van der Waals surface area contributed by atoms with E-state index >= 15 is 0 Å². The quantitative estimate of drug-likeness (QED) is 0.481. The Kier molecular flexibility index (Phi) is 9.27. The number of benzene rings is 1. The molecule has 1 aromatic rings. The molecule has 4 heteroatoms. The molecule has 1 aliphatic heterocycles. The van der Waals surface area contributed by atoms with Gasteiger partial charge >= 0.3 is 0 Å². The van der Waals surface area contributed by atoms with Gasteiger partial charge in [-0.15, -0.1) is 12.4 Å². The molecule has 0 saturated carbocycles. The van der Waals surface area contributed by atoms with Crippen LogP contribution in [0.25, 0.3) is 0 Å². The number of carbonyl (C=O) groups excluding carboxylic acids is 1. The van der Waals surface area contributed by atoms with E-state index in [1.54, 1.807) is 7.11 Å². The minimum absolute atomic E-state index is 0. The number of nitrogens with zero attached hydrogens (tertiary/aromatic N) is 1. The normalized spacial score (nSPS) is 15.9. The van der Waals surface area contributed by atoms with Crippen molar-refractivity contribution in [1.29, 1.82) is 0 Å². The first-order chi connectivity index (χ1) is 10.8. The molecule has 1 fully saturated rings. The summed E-state index contributed by atoms with van der Waals surface area (Å²) in [5, 5.41) is 0. The molecule has 0 aliphatic carbocycles. The third kappa shape index (κ3) is 5.82. The van der Waals surface area contributed by atoms with Crippen molar-refractivity contribution < 1.29 is 9.53 Å². The fraction of sp³-hybridized carbons (Fsp3) is 0.632. The highest BCUT2D eigenvalue weighted by atomic mass is 35.5. The fourth-order valence-corrected chi connectivity index (χ4v) is 3.24. The second-order valence-corrected chi connectivity index (χ2v) is 6.20. The van der Waals surface area contributed by atoms with Crippen LogP contribution in [0.5, 0.6) is 5.75 Å². The van der Waals surface area contributed by atoms with Gasteiger partial charge in [0.15, 0.2) is 5.78 Å². The fourth-order valence-electron chi connectivity index (χ4n) is 3.24. The standard InChI is InChI=1S/C19H29NO2.ClH/c1-3-4-5-6-9-18(20-14-7-8-15-20)19(21)16-10-12-17(22-2)13-11-16;/h10-13,18H,3-9,14-15H2,1-2H3;1H. The summed E-state index contributed by atoms with van der Waals surface area (Å²) in [5.74, 6) is 1.08. The highest BCUT2D eigenvalue weighted by Gasteiger charge is 2.28. The summed E-state index contributed by atoms with van der Waals surface area (Å²) in [5.41, 5.74) is 0.813. The predicted octanol–water partition coefficient (Wildman–Crippen LogP) is 4.73. The van der Waals surface area contributed by atoms with Crippen LogP contribution in [0.3, 0.4) is 0 Å². The first-order valence-electron chi connectivity index (χ1n) is 8.68. The Hall–Kier alpha value is -1.06. The molecule has 0 aromatic heterocycles. The van der Waals surface area contributed by atoms with Crippen LogP contribution in [-0.4, -0.2) is 36.9 Å². The third-order valence-electron chi connectivity index (χ3n) is 4.59. The summed E-state index contributed by atoms with van der Waals surface area (Å²) >= 11 is 0. The van der Waals surface area contributed by atoms with E-state index in [0.29, 0.717) is 0 Å². The highest BCUT2D eigenvalue weighted by molar-refractivity contribution is 6.00. The molecule has 23 heavy (non-hydrogen) atoms. The molecule has 0 bridgehead atoms. The Morgan fingerprint density at radius 2 is 1.78 bits per heavy atom. The number of unbranched alkanes of at least 4 members (excludes halogenated alkanes) is 3. The number of carbonyl (C=O) groups is 1. The third-order valence-corrected chi connectivity index (χ3v) is 4.59. The van der Waals surface area contributed by atoms with Crippen LogP contribution in [0.2, 0.25) is 0 Å². The van der Waals surface area contributed by atoms with Crippen molar-refractivity contribution >= 4 is 18.2 Å². The summed E-state index contributed by atoms with van der Waals surface area (Å²) in [6.07, 6.45) is 8.32. The number of ether oxygens (including phenoxy) is 1. The van der Waals surface area contributed by atoms with Crippen molar-refractivity contribution in [3.63, 3.8) is 0 Å². The van der Waals surface area contributed by atoms with Gasteiger partial charge in [-0.3, -0.25) is 9.69 Å². The molecule has 1 aromatic carbocycles. The minimum atomic E-state index is 0. The van der Waals surface area contributed by atoms with Crippen LogP contribution >= 0.6 is 12.4 Å². The van der Waals surface area contributed by atoms with Crippen molar-refractivity contribution in [2.24, 2.45) is 0 Å². The number of halogens is 1. The Labute approximate surface area is 146 Å². The van der Waals surface area contributed by atoms with Gasteiger partial charge in [0, 0.05) is 5.56 Å². The molecule has 1 aliphatic rings. The Bertz CT molecular complexity index is 455. The first-order valence-corrected chi connectivity index (χ1v) is 8.68. The molecule has 3 nitrogen and oxygen atoms in total. The zero-order valence-electron chi connectivity index (χ0n) is 14.4. The van der Waals surface area contributed by atoms with E-state index < -0.39 is 0 Å². The van der Waals surface area contributed by atoms with Crippen molar-refractivity contribution in [3.05, 3.63) is 29.8 Å². The van der Waals surface area contributed by atoms with Crippen LogP contribution < -0.4 is 4.74 Å². The van der Waals surface area contributed by atoms with Gasteiger partial charge in [0.05, 0.1) is 13.2 Å². The second-order valence-electron chi connectivity index (χ2n) is 6.20. The average molecular weight is 340 g/mol. The van der Waals surface area contributed by atoms with Crippen LogP contribution in [0.15, 0.2) is 24.3 Å². The highest BCUT2D eigenvalue weighted by Crippen LogP contribution is 2.22. The Balaban J connectivity index is 0.00000264. The number of Topliss-reactive ketones (excluding diaryl/α,β-unsaturated/α-hetero) is 1. The summed E-state index contributed by atoms with van der Waals surface area (Å²) in [7, 11) is 1.65. The average Bonchev–Trinajstić information content (AvgIpc) is 3.08. The zero-order chi connectivity index (χ0) is 15.8. The molecule has 1 unspecified atom stereocenters. The predicted molar refractivity (Wildman–Crippen MR) is 97.9 cm³/mol. The smallest absolute Gasteiger partial charge is 0.179 e. The van der Waals surface area contributed by atoms with Crippen LogP contribution in [-0.2, 0) is 0 Å². The molecule has 0 N–H and O–H groups in total. The van der Waals surface area contributed by atoms with Crippen LogP contribution in [0.4, 0.5) is 0 Å². The van der Waals surface area contributed by atoms with E-state index in [1.165, 1.54) is 32.1 Å². The molecular formula is C19H30ClNO2. The maximum atomic E-state index is 12.9. The van der Waals surface area contributed by atoms with E-state index in [2.05, 4.69) is 11.8 Å². The van der Waals surface area contributed by atoms with E-state index in [1.807, 2.05) is 24.3 Å². The lowest BCUT2D eigenvalue weighted by molar-refractivity contribution is 0.0834. The van der Waals surface area contributed by atoms with Gasteiger partial charge in [-0.05, 0) is 56.6 Å². The number of hydrogen-bond donors (Lipinski definition) is 0. The van der Waals surface area contributed by atoms with Crippen molar-refractivity contribution in [2.45, 2.75) is 57.9 Å². The van der Waals surface area contributed by atoms with E-state index in [9.17, 15) is 4.79 Å². The van der Waals surface area contributed by atoms with E-state index in [-0.39, 0.29) is 24.2 Å². The SMILES string of the molecule is CCCCCCC(C(=O)c1ccc(OC)cc1)N1CCCC1.Cl. The zero-order valence-corrected chi connectivity index (χ0v) is 15.2.